The number of benzene rings is 2. The van der Waals surface area contributed by atoms with Crippen molar-refractivity contribution in [1.82, 2.24) is 15.1 Å². The lowest BCUT2D eigenvalue weighted by Crippen LogP contribution is -2.52. The van der Waals surface area contributed by atoms with E-state index in [2.05, 4.69) is 50.4 Å². The number of piperazine rings is 1. The predicted octanol–water partition coefficient (Wildman–Crippen LogP) is 2.95. The topological polar surface area (TPSA) is 60.3 Å². The van der Waals surface area contributed by atoms with Crippen LogP contribution in [0.3, 0.4) is 0 Å². The van der Waals surface area contributed by atoms with E-state index in [1.807, 2.05) is 19.2 Å². The monoisotopic (exact) mass is 510 g/mol. The molecule has 3 rings (SSSR count). The second-order valence-corrected chi connectivity index (χ2v) is 6.97. The third-order valence-electron chi connectivity index (χ3n) is 5.10. The van der Waals surface area contributed by atoms with Gasteiger partial charge in [0.25, 0.3) is 0 Å². The Hall–Kier alpha value is -2.00. The number of nitrogens with one attached hydrogen (secondary N) is 1. The number of aromatic hydroxyl groups is 1. The Kier molecular flexibility index (Phi) is 9.53. The lowest BCUT2D eigenvalue weighted by atomic mass is 10.1. The minimum Gasteiger partial charge on any atom is -0.508 e. The average Bonchev–Trinajstić information content (AvgIpc) is 2.73. The predicted molar refractivity (Wildman–Crippen MR) is 128 cm³/mol. The van der Waals surface area contributed by atoms with Crippen LogP contribution in [0.1, 0.15) is 11.1 Å². The van der Waals surface area contributed by atoms with Gasteiger partial charge < -0.3 is 20.1 Å². The fourth-order valence-electron chi connectivity index (χ4n) is 3.48. The first kappa shape index (κ1) is 23.3. The van der Waals surface area contributed by atoms with Gasteiger partial charge in [0.15, 0.2) is 5.96 Å². The first-order chi connectivity index (χ1) is 13.7. The summed E-state index contributed by atoms with van der Waals surface area (Å²) < 4.78 is 5.13. The molecule has 7 heteroatoms. The summed E-state index contributed by atoms with van der Waals surface area (Å²) in [7, 11) is 3.42. The zero-order valence-electron chi connectivity index (χ0n) is 17.2. The van der Waals surface area contributed by atoms with Crippen LogP contribution in [0.25, 0.3) is 0 Å². The number of phenolic OH excluding ortho intramolecular Hbond substituents is 1. The fourth-order valence-corrected chi connectivity index (χ4v) is 3.48. The summed E-state index contributed by atoms with van der Waals surface area (Å²) in [5, 5.41) is 13.5. The number of hydrogen-bond donors (Lipinski definition) is 2. The van der Waals surface area contributed by atoms with Crippen LogP contribution in [-0.4, -0.2) is 67.7 Å². The van der Waals surface area contributed by atoms with Gasteiger partial charge in [-0.2, -0.15) is 0 Å². The molecule has 0 bridgehead atoms. The summed E-state index contributed by atoms with van der Waals surface area (Å²) >= 11 is 0. The number of rotatable bonds is 6. The van der Waals surface area contributed by atoms with E-state index in [1.54, 1.807) is 13.2 Å². The van der Waals surface area contributed by atoms with Crippen molar-refractivity contribution in [2.75, 3.05) is 46.9 Å². The molecule has 1 fully saturated rings. The second kappa shape index (κ2) is 11.9. The van der Waals surface area contributed by atoms with Gasteiger partial charge in [-0.25, -0.2) is 0 Å². The molecule has 29 heavy (non-hydrogen) atoms. The summed E-state index contributed by atoms with van der Waals surface area (Å²) in [5.74, 6) is 1.86. The molecule has 0 radical (unpaired) electrons. The van der Waals surface area contributed by atoms with E-state index in [-0.39, 0.29) is 29.7 Å². The van der Waals surface area contributed by atoms with Crippen molar-refractivity contribution in [1.29, 1.82) is 0 Å². The summed E-state index contributed by atoms with van der Waals surface area (Å²) in [4.78, 5) is 9.21. The molecule has 0 aliphatic carbocycles. The van der Waals surface area contributed by atoms with Crippen LogP contribution < -0.4 is 10.1 Å². The fraction of sp³-hybridized carbons (Fsp3) is 0.409. The number of aliphatic imine (C=N–C) groups is 1. The minimum atomic E-state index is 0. The molecule has 2 aromatic carbocycles. The first-order valence-corrected chi connectivity index (χ1v) is 9.77. The minimum absolute atomic E-state index is 0. The largest absolute Gasteiger partial charge is 0.508 e. The smallest absolute Gasteiger partial charge is 0.193 e. The molecule has 0 saturated carbocycles. The molecule has 2 aromatic rings. The van der Waals surface area contributed by atoms with Gasteiger partial charge >= 0.3 is 0 Å². The maximum atomic E-state index is 10.1. The quantitative estimate of drug-likeness (QED) is 0.356. The highest BCUT2D eigenvalue weighted by Gasteiger charge is 2.19. The molecule has 1 heterocycles. The van der Waals surface area contributed by atoms with Crippen molar-refractivity contribution in [2.24, 2.45) is 4.99 Å². The highest BCUT2D eigenvalue weighted by atomic mass is 127. The normalized spacial score (nSPS) is 15.0. The average molecular weight is 510 g/mol. The van der Waals surface area contributed by atoms with Crippen molar-refractivity contribution >= 4 is 29.9 Å². The Morgan fingerprint density at radius 2 is 1.83 bits per heavy atom. The lowest BCUT2D eigenvalue weighted by molar-refractivity contribution is 0.172. The van der Waals surface area contributed by atoms with Gasteiger partial charge in [-0.1, -0.05) is 36.4 Å². The van der Waals surface area contributed by atoms with Crippen LogP contribution in [0.2, 0.25) is 0 Å². The van der Waals surface area contributed by atoms with Crippen molar-refractivity contribution < 1.29 is 9.84 Å². The molecule has 158 valence electrons. The molecular weight excluding hydrogens is 479 g/mol. The van der Waals surface area contributed by atoms with Crippen molar-refractivity contribution in [3.8, 4) is 11.5 Å². The molecule has 1 aliphatic heterocycles. The number of ether oxygens (including phenoxy) is 1. The number of methoxy groups -OCH3 is 1. The zero-order chi connectivity index (χ0) is 19.8. The molecule has 0 atom stereocenters. The van der Waals surface area contributed by atoms with Crippen LogP contribution in [0.4, 0.5) is 0 Å². The molecule has 1 saturated heterocycles. The maximum absolute atomic E-state index is 10.1. The Morgan fingerprint density at radius 3 is 2.45 bits per heavy atom. The summed E-state index contributed by atoms with van der Waals surface area (Å²) in [6.45, 7) is 5.68. The third-order valence-corrected chi connectivity index (χ3v) is 5.10. The summed E-state index contributed by atoms with van der Waals surface area (Å²) in [6, 6.07) is 16.0. The number of guanidine groups is 1. The summed E-state index contributed by atoms with van der Waals surface area (Å²) in [5.41, 5.74) is 2.26. The first-order valence-electron chi connectivity index (χ1n) is 9.77. The number of halogens is 1. The third kappa shape index (κ3) is 6.78. The molecule has 0 spiro atoms. The van der Waals surface area contributed by atoms with E-state index in [4.69, 9.17) is 4.74 Å². The highest BCUT2D eigenvalue weighted by Crippen LogP contribution is 2.23. The molecular formula is C22H31IN4O2. The van der Waals surface area contributed by atoms with Crippen LogP contribution in [0.15, 0.2) is 53.5 Å². The van der Waals surface area contributed by atoms with Gasteiger partial charge in [0, 0.05) is 52.4 Å². The molecule has 1 aliphatic rings. The molecule has 2 N–H and O–H groups in total. The Balaban J connectivity index is 0.00000300. The Bertz CT molecular complexity index is 778. The van der Waals surface area contributed by atoms with E-state index in [0.717, 1.165) is 57.2 Å². The SMILES string of the molecule is CN=C(NCCc1ccc(OC)cc1O)N1CCN(Cc2ccccc2)CC1.I. The van der Waals surface area contributed by atoms with Gasteiger partial charge in [0.2, 0.25) is 0 Å². The molecule has 0 unspecified atom stereocenters. The molecule has 6 nitrogen and oxygen atoms in total. The van der Waals surface area contributed by atoms with E-state index in [1.165, 1.54) is 5.56 Å². The number of nitrogens with zero attached hydrogens (tertiary/aromatic N) is 3. The van der Waals surface area contributed by atoms with Crippen molar-refractivity contribution in [2.45, 2.75) is 13.0 Å². The van der Waals surface area contributed by atoms with Crippen LogP contribution >= 0.6 is 24.0 Å². The van der Waals surface area contributed by atoms with Gasteiger partial charge in [-0.3, -0.25) is 9.89 Å². The lowest BCUT2D eigenvalue weighted by Gasteiger charge is -2.36. The summed E-state index contributed by atoms with van der Waals surface area (Å²) in [6.07, 6.45) is 0.725. The Labute approximate surface area is 190 Å². The van der Waals surface area contributed by atoms with Gasteiger partial charge in [0.05, 0.1) is 7.11 Å². The van der Waals surface area contributed by atoms with E-state index in [0.29, 0.717) is 5.75 Å². The van der Waals surface area contributed by atoms with Crippen molar-refractivity contribution in [3.63, 3.8) is 0 Å². The standard InChI is InChI=1S/C22H30N4O2.HI/c1-23-22(24-11-10-19-8-9-20(28-2)16-21(19)27)26-14-12-25(13-15-26)17-18-6-4-3-5-7-18;/h3-9,16,27H,10-15,17H2,1-2H3,(H,23,24);1H. The highest BCUT2D eigenvalue weighted by molar-refractivity contribution is 14.0. The molecule has 0 aromatic heterocycles. The Morgan fingerprint density at radius 1 is 1.10 bits per heavy atom. The van der Waals surface area contributed by atoms with Crippen molar-refractivity contribution in [3.05, 3.63) is 59.7 Å². The van der Waals surface area contributed by atoms with Crippen LogP contribution in [0.5, 0.6) is 11.5 Å². The number of phenols is 1. The van der Waals surface area contributed by atoms with Gasteiger partial charge in [-0.15, -0.1) is 24.0 Å². The van der Waals surface area contributed by atoms with Gasteiger partial charge in [0.1, 0.15) is 11.5 Å². The molecule has 0 amide bonds. The number of hydrogen-bond acceptors (Lipinski definition) is 4. The zero-order valence-corrected chi connectivity index (χ0v) is 19.5. The van der Waals surface area contributed by atoms with E-state index in [9.17, 15) is 5.11 Å². The van der Waals surface area contributed by atoms with Crippen LogP contribution in [-0.2, 0) is 13.0 Å². The maximum Gasteiger partial charge on any atom is 0.193 e. The van der Waals surface area contributed by atoms with E-state index >= 15 is 0 Å². The van der Waals surface area contributed by atoms with Gasteiger partial charge in [-0.05, 0) is 23.6 Å². The van der Waals surface area contributed by atoms with E-state index < -0.39 is 0 Å². The van der Waals surface area contributed by atoms with Crippen LogP contribution in [0, 0.1) is 0 Å². The second-order valence-electron chi connectivity index (χ2n) is 6.97.